The van der Waals surface area contributed by atoms with E-state index in [1.807, 2.05) is 60.9 Å². The van der Waals surface area contributed by atoms with E-state index in [0.29, 0.717) is 0 Å². The van der Waals surface area contributed by atoms with Crippen LogP contribution >= 0.6 is 0 Å². The van der Waals surface area contributed by atoms with Gasteiger partial charge in [0.2, 0.25) is 0 Å². The molecule has 36 heavy (non-hydrogen) atoms. The van der Waals surface area contributed by atoms with Crippen molar-refractivity contribution in [1.82, 2.24) is 4.98 Å². The Kier molecular flexibility index (Phi) is 6.73. The number of nitrogens with one attached hydrogen (secondary N) is 1. The largest absolute Gasteiger partial charge is 0.424 e. The van der Waals surface area contributed by atoms with Crippen molar-refractivity contribution in [2.75, 3.05) is 5.32 Å². The molecule has 0 radical (unpaired) electrons. The molecule has 3 nitrogen and oxygen atoms in total. The zero-order valence-electron chi connectivity index (χ0n) is 20.9. The van der Waals surface area contributed by atoms with Crippen molar-refractivity contribution >= 4 is 35.2 Å². The first-order chi connectivity index (χ1) is 17.5. The fourth-order valence-electron chi connectivity index (χ4n) is 5.29. The molecule has 0 atom stereocenters. The monoisotopic (exact) mass is 488 g/mol. The van der Waals surface area contributed by atoms with Gasteiger partial charge in [0.25, 0.3) is 8.32 Å². The van der Waals surface area contributed by atoms with Gasteiger partial charge in [-0.15, -0.1) is 0 Å². The van der Waals surface area contributed by atoms with Crippen molar-refractivity contribution in [3.63, 3.8) is 0 Å². The Morgan fingerprint density at radius 1 is 0.694 bits per heavy atom. The van der Waals surface area contributed by atoms with Gasteiger partial charge in [-0.1, -0.05) is 105 Å². The van der Waals surface area contributed by atoms with Crippen molar-refractivity contribution in [1.29, 1.82) is 0 Å². The summed E-state index contributed by atoms with van der Waals surface area (Å²) in [6.07, 6.45) is 4.42. The van der Waals surface area contributed by atoms with E-state index in [1.54, 1.807) is 0 Å². The summed E-state index contributed by atoms with van der Waals surface area (Å²) in [6, 6.07) is 37.6. The Labute approximate surface area is 214 Å². The topological polar surface area (TPSA) is 45.2 Å². The number of hydrogen-bond donors (Lipinski definition) is 2. The van der Waals surface area contributed by atoms with Gasteiger partial charge in [-0.3, -0.25) is 4.98 Å². The van der Waals surface area contributed by atoms with Gasteiger partial charge in [-0.2, -0.15) is 0 Å². The summed E-state index contributed by atoms with van der Waals surface area (Å²) >= 11 is 0. The SMILES string of the molecule is CC(C)(Cc1cccc2c(NCc3ccncc3)cccc12)[Si](O)(c1ccccc1)c1ccccc1. The van der Waals surface area contributed by atoms with Crippen LogP contribution in [0.5, 0.6) is 0 Å². The van der Waals surface area contributed by atoms with Crippen molar-refractivity contribution < 1.29 is 4.80 Å². The number of fused-ring (bicyclic) bond motifs is 1. The zero-order chi connectivity index (χ0) is 25.0. The fraction of sp³-hybridized carbons (Fsp3) is 0.156. The minimum Gasteiger partial charge on any atom is -0.424 e. The molecule has 4 aromatic carbocycles. The third-order valence-electron chi connectivity index (χ3n) is 7.24. The number of aromatic nitrogens is 1. The van der Waals surface area contributed by atoms with Gasteiger partial charge >= 0.3 is 0 Å². The fourth-order valence-corrected chi connectivity index (χ4v) is 8.98. The van der Waals surface area contributed by atoms with Crippen LogP contribution in [0.3, 0.4) is 0 Å². The second-order valence-corrected chi connectivity index (χ2v) is 14.0. The lowest BCUT2D eigenvalue weighted by atomic mass is 9.95. The number of pyridine rings is 1. The lowest BCUT2D eigenvalue weighted by molar-refractivity contribution is 0.485. The van der Waals surface area contributed by atoms with E-state index in [2.05, 4.69) is 84.8 Å². The highest BCUT2D eigenvalue weighted by Gasteiger charge is 2.49. The zero-order valence-corrected chi connectivity index (χ0v) is 21.9. The molecule has 5 aromatic rings. The molecule has 0 aliphatic heterocycles. The first-order valence-corrected chi connectivity index (χ1v) is 14.4. The van der Waals surface area contributed by atoms with E-state index >= 15 is 0 Å². The summed E-state index contributed by atoms with van der Waals surface area (Å²) in [4.78, 5) is 16.7. The molecule has 1 heterocycles. The van der Waals surface area contributed by atoms with Gasteiger partial charge in [-0.25, -0.2) is 0 Å². The van der Waals surface area contributed by atoms with Gasteiger partial charge < -0.3 is 10.1 Å². The van der Waals surface area contributed by atoms with Crippen LogP contribution in [0.4, 0.5) is 5.69 Å². The van der Waals surface area contributed by atoms with Crippen molar-refractivity contribution in [2.45, 2.75) is 31.9 Å². The number of rotatable bonds is 8. The van der Waals surface area contributed by atoms with Crippen LogP contribution in [-0.4, -0.2) is 18.1 Å². The highest BCUT2D eigenvalue weighted by molar-refractivity contribution is 6.98. The molecule has 5 rings (SSSR count). The van der Waals surface area contributed by atoms with Crippen LogP contribution in [-0.2, 0) is 13.0 Å². The summed E-state index contributed by atoms with van der Waals surface area (Å²) in [5.41, 5.74) is 3.56. The lowest BCUT2D eigenvalue weighted by Crippen LogP contribution is -2.65. The van der Waals surface area contributed by atoms with Crippen LogP contribution in [0.2, 0.25) is 5.04 Å². The first kappa shape index (κ1) is 24.0. The normalized spacial score (nSPS) is 12.0. The number of hydrogen-bond acceptors (Lipinski definition) is 3. The third-order valence-corrected chi connectivity index (χ3v) is 11.7. The molecule has 0 amide bonds. The third kappa shape index (κ3) is 4.58. The number of benzene rings is 4. The van der Waals surface area contributed by atoms with E-state index in [9.17, 15) is 4.80 Å². The molecule has 0 unspecified atom stereocenters. The molecule has 0 aliphatic carbocycles. The molecule has 0 spiro atoms. The maximum atomic E-state index is 12.6. The smallest absolute Gasteiger partial charge is 0.258 e. The Morgan fingerprint density at radius 2 is 1.28 bits per heavy atom. The number of anilines is 1. The standard InChI is InChI=1S/C32H32N2OSi/c1-32(2,36(35,27-12-5-3-6-13-27)28-14-7-4-8-15-28)23-26-11-9-17-30-29(26)16-10-18-31(30)34-24-25-19-21-33-22-20-25/h3-22,34-35H,23-24H2,1-2H3. The Bertz CT molecular complexity index is 1400. The minimum absolute atomic E-state index is 0.357. The van der Waals surface area contributed by atoms with E-state index in [1.165, 1.54) is 21.9 Å². The Hall–Kier alpha value is -3.73. The molecule has 0 bridgehead atoms. The molecule has 2 N–H and O–H groups in total. The van der Waals surface area contributed by atoms with Gasteiger partial charge in [0, 0.05) is 30.0 Å². The summed E-state index contributed by atoms with van der Waals surface area (Å²) in [5, 5.41) is 7.76. The molecular formula is C32H32N2OSi. The average Bonchev–Trinajstić information content (AvgIpc) is 2.93. The molecule has 180 valence electrons. The number of nitrogens with zero attached hydrogens (tertiary/aromatic N) is 1. The van der Waals surface area contributed by atoms with Crippen molar-refractivity contribution in [3.05, 3.63) is 133 Å². The minimum atomic E-state index is -3.09. The van der Waals surface area contributed by atoms with Gasteiger partial charge in [0.1, 0.15) is 0 Å². The van der Waals surface area contributed by atoms with E-state index < -0.39 is 8.32 Å². The summed E-state index contributed by atoms with van der Waals surface area (Å²) in [5.74, 6) is 0. The van der Waals surface area contributed by atoms with Gasteiger partial charge in [-0.05, 0) is 56.5 Å². The molecular weight excluding hydrogens is 456 g/mol. The van der Waals surface area contributed by atoms with Gasteiger partial charge in [0.15, 0.2) is 0 Å². The Balaban J connectivity index is 1.53. The van der Waals surface area contributed by atoms with E-state index in [-0.39, 0.29) is 5.04 Å². The lowest BCUT2D eigenvalue weighted by Gasteiger charge is -2.41. The van der Waals surface area contributed by atoms with Crippen LogP contribution in [0.25, 0.3) is 10.8 Å². The summed E-state index contributed by atoms with van der Waals surface area (Å²) in [7, 11) is -3.09. The maximum Gasteiger partial charge on any atom is 0.258 e. The van der Waals surface area contributed by atoms with E-state index in [0.717, 1.165) is 29.0 Å². The predicted octanol–water partition coefficient (Wildman–Crippen LogP) is 5.92. The van der Waals surface area contributed by atoms with Crippen molar-refractivity contribution in [3.8, 4) is 0 Å². The van der Waals surface area contributed by atoms with Crippen LogP contribution in [0.1, 0.15) is 25.0 Å². The quantitative estimate of drug-likeness (QED) is 0.266. The van der Waals surface area contributed by atoms with Crippen LogP contribution < -0.4 is 15.7 Å². The average molecular weight is 489 g/mol. The first-order valence-electron chi connectivity index (χ1n) is 12.5. The van der Waals surface area contributed by atoms with Gasteiger partial charge in [0.05, 0.1) is 0 Å². The van der Waals surface area contributed by atoms with Crippen molar-refractivity contribution in [2.24, 2.45) is 0 Å². The summed E-state index contributed by atoms with van der Waals surface area (Å²) < 4.78 is 0. The second kappa shape index (κ2) is 10.1. The Morgan fingerprint density at radius 3 is 1.92 bits per heavy atom. The maximum absolute atomic E-state index is 12.6. The van der Waals surface area contributed by atoms with Crippen LogP contribution in [0.15, 0.2) is 122 Å². The highest BCUT2D eigenvalue weighted by atomic mass is 28.4. The molecule has 4 heteroatoms. The molecule has 0 fully saturated rings. The molecule has 0 aliphatic rings. The molecule has 1 aromatic heterocycles. The summed E-state index contributed by atoms with van der Waals surface area (Å²) in [6.45, 7) is 5.19. The highest BCUT2D eigenvalue weighted by Crippen LogP contribution is 2.40. The predicted molar refractivity (Wildman–Crippen MR) is 153 cm³/mol. The van der Waals surface area contributed by atoms with Crippen LogP contribution in [0, 0.1) is 0 Å². The molecule has 0 saturated carbocycles. The second-order valence-electron chi connectivity index (χ2n) is 10.0. The molecule has 0 saturated heterocycles. The van der Waals surface area contributed by atoms with E-state index in [4.69, 9.17) is 0 Å².